The van der Waals surface area contributed by atoms with Crippen molar-refractivity contribution in [1.82, 2.24) is 0 Å². The summed E-state index contributed by atoms with van der Waals surface area (Å²) in [5.41, 5.74) is 0. The molecule has 42 valence electrons. The molecule has 1 aliphatic rings. The third-order valence-electron chi connectivity index (χ3n) is 0.983. The number of hydrogen-bond acceptors (Lipinski definition) is 2. The second-order valence-electron chi connectivity index (χ2n) is 1.76. The molecule has 1 heterocycles. The van der Waals surface area contributed by atoms with Crippen molar-refractivity contribution < 1.29 is 0 Å². The molecule has 0 amide bonds. The molecule has 1 unspecified atom stereocenters. The molecule has 0 bridgehead atoms. The number of rotatable bonds is 0. The van der Waals surface area contributed by atoms with Gasteiger partial charge in [0.1, 0.15) is 0 Å². The Kier molecular flexibility index (Phi) is 3.00. The van der Waals surface area contributed by atoms with Crippen molar-refractivity contribution in [1.29, 1.82) is 0 Å². The van der Waals surface area contributed by atoms with E-state index in [0.29, 0.717) is 0 Å². The van der Waals surface area contributed by atoms with E-state index in [2.05, 4.69) is 23.5 Å². The van der Waals surface area contributed by atoms with E-state index < -0.39 is 0 Å². The van der Waals surface area contributed by atoms with Crippen LogP contribution in [0.2, 0.25) is 0 Å². The van der Waals surface area contributed by atoms with Crippen LogP contribution in [0.5, 0.6) is 0 Å². The molecule has 0 aromatic heterocycles. The molecular formula is C4H10GeS2. The van der Waals surface area contributed by atoms with E-state index in [0.717, 1.165) is 20.6 Å². The van der Waals surface area contributed by atoms with Gasteiger partial charge in [0, 0.05) is 0 Å². The van der Waals surface area contributed by atoms with Gasteiger partial charge < -0.3 is 0 Å². The molecule has 1 fully saturated rings. The molecule has 1 saturated heterocycles. The quantitative estimate of drug-likeness (QED) is 0.504. The van der Waals surface area contributed by atoms with E-state index in [9.17, 15) is 0 Å². The van der Waals surface area contributed by atoms with Crippen LogP contribution in [0.1, 0.15) is 0 Å². The van der Waals surface area contributed by atoms with Crippen LogP contribution < -0.4 is 0 Å². The predicted octanol–water partition coefficient (Wildman–Crippen LogP) is 0.158. The summed E-state index contributed by atoms with van der Waals surface area (Å²) in [6.07, 6.45) is 0. The first kappa shape index (κ1) is 6.36. The van der Waals surface area contributed by atoms with Crippen LogP contribution in [0.25, 0.3) is 0 Å². The second kappa shape index (κ2) is 3.30. The second-order valence-corrected chi connectivity index (χ2v) is 9.13. The SMILES string of the molecule is [GeH3][CH]1CSCCS1. The molecule has 7 heavy (non-hydrogen) atoms. The fourth-order valence-corrected chi connectivity index (χ4v) is 6.00. The van der Waals surface area contributed by atoms with Gasteiger partial charge >= 0.3 is 61.4 Å². The topological polar surface area (TPSA) is 0 Å². The van der Waals surface area contributed by atoms with Crippen molar-refractivity contribution in [2.75, 3.05) is 17.3 Å². The zero-order chi connectivity index (χ0) is 5.11. The molecule has 1 rings (SSSR count). The summed E-state index contributed by atoms with van der Waals surface area (Å²) < 4.78 is 1.10. The average molecular weight is 195 g/mol. The van der Waals surface area contributed by atoms with Gasteiger partial charge in [0.2, 0.25) is 0 Å². The summed E-state index contributed by atoms with van der Waals surface area (Å²) in [7, 11) is 0. The predicted molar refractivity (Wildman–Crippen MR) is 43.5 cm³/mol. The first-order valence-electron chi connectivity index (χ1n) is 2.59. The molecule has 0 nitrogen and oxygen atoms in total. The van der Waals surface area contributed by atoms with Crippen molar-refractivity contribution in [2.24, 2.45) is 0 Å². The van der Waals surface area contributed by atoms with Crippen LogP contribution in [0.15, 0.2) is 0 Å². The Labute approximate surface area is 61.4 Å². The molecule has 1 aliphatic heterocycles. The minimum absolute atomic E-state index is 1.07. The van der Waals surface area contributed by atoms with Crippen molar-refractivity contribution >= 4 is 40.0 Å². The van der Waals surface area contributed by atoms with Gasteiger partial charge in [-0.15, -0.1) is 0 Å². The summed E-state index contributed by atoms with van der Waals surface area (Å²) in [6.45, 7) is 0. The Bertz CT molecular complexity index is 51.7. The summed E-state index contributed by atoms with van der Waals surface area (Å²) >= 11 is 5.38. The minimum atomic E-state index is 1.07. The average Bonchev–Trinajstić information content (AvgIpc) is 1.69. The molecule has 0 aliphatic carbocycles. The third-order valence-corrected chi connectivity index (χ3v) is 8.05. The van der Waals surface area contributed by atoms with Gasteiger partial charge in [-0.2, -0.15) is 0 Å². The van der Waals surface area contributed by atoms with E-state index in [1.54, 1.807) is 0 Å². The molecule has 0 aromatic rings. The zero-order valence-corrected chi connectivity index (χ0v) is 10.3. The van der Waals surface area contributed by atoms with Crippen molar-refractivity contribution in [3.05, 3.63) is 0 Å². The first-order chi connectivity index (χ1) is 3.39. The van der Waals surface area contributed by atoms with Crippen molar-refractivity contribution in [3.63, 3.8) is 0 Å². The normalized spacial score (nSPS) is 33.4. The molecule has 1 atom stereocenters. The Morgan fingerprint density at radius 2 is 2.29 bits per heavy atom. The summed E-state index contributed by atoms with van der Waals surface area (Å²) in [6, 6.07) is 0. The Morgan fingerprint density at radius 1 is 1.43 bits per heavy atom. The van der Waals surface area contributed by atoms with Gasteiger partial charge in [-0.25, -0.2) is 0 Å². The maximum absolute atomic E-state index is 2.18. The van der Waals surface area contributed by atoms with E-state index in [1.165, 1.54) is 17.3 Å². The number of thioether (sulfide) groups is 2. The fraction of sp³-hybridized carbons (Fsp3) is 1.00. The Morgan fingerprint density at radius 3 is 2.57 bits per heavy atom. The molecule has 0 N–H and O–H groups in total. The molecule has 0 radical (unpaired) electrons. The van der Waals surface area contributed by atoms with Crippen molar-refractivity contribution in [2.45, 2.75) is 4.08 Å². The van der Waals surface area contributed by atoms with Gasteiger partial charge in [0.15, 0.2) is 0 Å². The van der Waals surface area contributed by atoms with E-state index in [-0.39, 0.29) is 0 Å². The van der Waals surface area contributed by atoms with E-state index >= 15 is 0 Å². The molecule has 0 saturated carbocycles. The molecule has 0 spiro atoms. The van der Waals surface area contributed by atoms with Crippen LogP contribution in [0, 0.1) is 0 Å². The van der Waals surface area contributed by atoms with Crippen LogP contribution in [0.3, 0.4) is 0 Å². The van der Waals surface area contributed by atoms with Gasteiger partial charge in [-0.3, -0.25) is 0 Å². The van der Waals surface area contributed by atoms with Crippen LogP contribution in [-0.2, 0) is 0 Å². The fourth-order valence-electron chi connectivity index (χ4n) is 0.606. The summed E-state index contributed by atoms with van der Waals surface area (Å²) in [4.78, 5) is 0. The van der Waals surface area contributed by atoms with Crippen LogP contribution >= 0.6 is 23.5 Å². The van der Waals surface area contributed by atoms with Gasteiger partial charge in [0.25, 0.3) is 0 Å². The first-order valence-corrected chi connectivity index (χ1v) is 7.21. The monoisotopic (exact) mass is 196 g/mol. The van der Waals surface area contributed by atoms with Crippen LogP contribution in [0.4, 0.5) is 0 Å². The maximum atomic E-state index is 2.18. The van der Waals surface area contributed by atoms with E-state index in [4.69, 9.17) is 0 Å². The van der Waals surface area contributed by atoms with Gasteiger partial charge in [-0.05, 0) is 0 Å². The molecule has 0 aromatic carbocycles. The van der Waals surface area contributed by atoms with Gasteiger partial charge in [0.05, 0.1) is 0 Å². The molecule has 3 heteroatoms. The standard InChI is InChI=1S/C4H10GeS2/c5-4-3-6-1-2-7-4/h4H,1-3H2,5H3. The van der Waals surface area contributed by atoms with Gasteiger partial charge in [-0.1, -0.05) is 0 Å². The van der Waals surface area contributed by atoms with Crippen molar-refractivity contribution in [3.8, 4) is 0 Å². The third kappa shape index (κ3) is 2.33. The Hall–Kier alpha value is 1.24. The number of hydrogen-bond donors (Lipinski definition) is 0. The van der Waals surface area contributed by atoms with E-state index in [1.807, 2.05) is 0 Å². The zero-order valence-electron chi connectivity index (χ0n) is 4.52. The summed E-state index contributed by atoms with van der Waals surface area (Å²) in [5.74, 6) is 4.26. The summed E-state index contributed by atoms with van der Waals surface area (Å²) in [5, 5.41) is 0. The van der Waals surface area contributed by atoms with Crippen LogP contribution in [-0.4, -0.2) is 37.9 Å². The molecular weight excluding hydrogens is 185 g/mol. The Balaban J connectivity index is 2.12.